The fourth-order valence-corrected chi connectivity index (χ4v) is 2.29. The van der Waals surface area contributed by atoms with Crippen molar-refractivity contribution in [2.24, 2.45) is 0 Å². The van der Waals surface area contributed by atoms with E-state index in [0.717, 1.165) is 5.56 Å². The minimum absolute atomic E-state index is 0.409. The first-order valence-corrected chi connectivity index (χ1v) is 6.21. The summed E-state index contributed by atoms with van der Waals surface area (Å²) in [5, 5.41) is 11.0. The number of benzene rings is 1. The van der Waals surface area contributed by atoms with Crippen LogP contribution in [0.1, 0.15) is 49.6 Å². The number of rotatable bonds is 2. The van der Waals surface area contributed by atoms with Crippen LogP contribution >= 0.6 is 0 Å². The van der Waals surface area contributed by atoms with E-state index in [-0.39, 0.29) is 0 Å². The molecule has 1 aromatic carbocycles. The Hall–Kier alpha value is -1.28. The number of aliphatic hydroxyl groups excluding tert-OH is 1. The fraction of sp³-hybridized carbons (Fsp3) is 0.467. The van der Waals surface area contributed by atoms with Crippen LogP contribution in [0.3, 0.4) is 0 Å². The quantitative estimate of drug-likeness (QED) is 0.833. The van der Waals surface area contributed by atoms with Crippen LogP contribution in [0.2, 0.25) is 0 Å². The molecule has 2 aromatic rings. The largest absolute Gasteiger partial charge is 0.389 e. The lowest BCUT2D eigenvalue weighted by atomic mass is 10.0. The van der Waals surface area contributed by atoms with Gasteiger partial charge in [-0.2, -0.15) is 0 Å². The van der Waals surface area contributed by atoms with Crippen molar-refractivity contribution in [3.8, 4) is 0 Å². The summed E-state index contributed by atoms with van der Waals surface area (Å²) in [6.07, 6.45) is 1.67. The first kappa shape index (κ1) is 12.2. The Labute approximate surface area is 103 Å². The minimum Gasteiger partial charge on any atom is -0.389 e. The van der Waals surface area contributed by atoms with Crippen LogP contribution in [0.25, 0.3) is 10.9 Å². The van der Waals surface area contributed by atoms with Crippen LogP contribution in [0.15, 0.2) is 18.3 Å². The summed E-state index contributed by atoms with van der Waals surface area (Å²) in [6, 6.07) is 4.81. The van der Waals surface area contributed by atoms with Gasteiger partial charge in [-0.1, -0.05) is 0 Å². The maximum Gasteiger partial charge on any atom is 0.0782 e. The third-order valence-corrected chi connectivity index (χ3v) is 3.49. The number of hydrogen-bond acceptors (Lipinski definition) is 1. The van der Waals surface area contributed by atoms with E-state index in [2.05, 4.69) is 50.6 Å². The number of aromatic nitrogens is 1. The zero-order chi connectivity index (χ0) is 12.7. The number of aliphatic hydroxyl groups is 1. The average Bonchev–Trinajstić information content (AvgIpc) is 2.57. The van der Waals surface area contributed by atoms with Gasteiger partial charge >= 0.3 is 0 Å². The Balaban J connectivity index is 2.81. The number of nitrogens with zero attached hydrogens (tertiary/aromatic N) is 1. The van der Waals surface area contributed by atoms with Gasteiger partial charge < -0.3 is 9.67 Å². The van der Waals surface area contributed by atoms with Crippen molar-refractivity contribution < 1.29 is 5.11 Å². The molecule has 0 aliphatic heterocycles. The number of aryl methyl sites for hydroxylation is 2. The fourth-order valence-electron chi connectivity index (χ4n) is 2.29. The van der Waals surface area contributed by atoms with Gasteiger partial charge in [0, 0.05) is 28.7 Å². The maximum atomic E-state index is 9.86. The van der Waals surface area contributed by atoms with Gasteiger partial charge in [0.15, 0.2) is 0 Å². The van der Waals surface area contributed by atoms with Crippen LogP contribution in [0.5, 0.6) is 0 Å². The van der Waals surface area contributed by atoms with E-state index >= 15 is 0 Å². The molecule has 0 radical (unpaired) electrons. The monoisotopic (exact) mass is 231 g/mol. The first-order valence-electron chi connectivity index (χ1n) is 6.21. The van der Waals surface area contributed by atoms with Crippen LogP contribution in [-0.4, -0.2) is 9.67 Å². The highest BCUT2D eigenvalue weighted by molar-refractivity contribution is 5.86. The highest BCUT2D eigenvalue weighted by atomic mass is 16.3. The summed E-state index contributed by atoms with van der Waals surface area (Å²) < 4.78 is 2.24. The lowest BCUT2D eigenvalue weighted by Gasteiger charge is -2.10. The minimum atomic E-state index is -0.417. The van der Waals surface area contributed by atoms with Crippen LogP contribution in [-0.2, 0) is 0 Å². The van der Waals surface area contributed by atoms with Crippen LogP contribution in [0, 0.1) is 13.8 Å². The summed E-state index contributed by atoms with van der Waals surface area (Å²) in [5.74, 6) is 0. The van der Waals surface area contributed by atoms with Gasteiger partial charge in [-0.3, -0.25) is 0 Å². The van der Waals surface area contributed by atoms with Gasteiger partial charge in [0.2, 0.25) is 0 Å². The normalized spacial score (nSPS) is 13.6. The van der Waals surface area contributed by atoms with E-state index in [9.17, 15) is 5.11 Å². The molecule has 2 nitrogen and oxygen atoms in total. The maximum absolute atomic E-state index is 9.86. The summed E-state index contributed by atoms with van der Waals surface area (Å²) in [7, 11) is 0. The van der Waals surface area contributed by atoms with Gasteiger partial charge in [0.05, 0.1) is 6.10 Å². The second kappa shape index (κ2) is 4.19. The third kappa shape index (κ3) is 1.98. The Bertz CT molecular complexity index is 502. The molecule has 2 rings (SSSR count). The second-order valence-electron chi connectivity index (χ2n) is 5.22. The molecule has 1 atom stereocenters. The molecule has 0 spiro atoms. The molecule has 0 aliphatic carbocycles. The van der Waals surface area contributed by atoms with Crippen LogP contribution < -0.4 is 0 Å². The topological polar surface area (TPSA) is 25.2 Å². The third-order valence-electron chi connectivity index (χ3n) is 3.49. The van der Waals surface area contributed by atoms with E-state index in [1.165, 1.54) is 22.0 Å². The molecule has 1 aromatic heterocycles. The Morgan fingerprint density at radius 2 is 1.65 bits per heavy atom. The molecule has 0 saturated heterocycles. The molecule has 2 heteroatoms. The molecular formula is C15H21NO. The molecule has 0 aliphatic rings. The molecule has 92 valence electrons. The predicted molar refractivity (Wildman–Crippen MR) is 72.4 cm³/mol. The molecule has 0 bridgehead atoms. The van der Waals surface area contributed by atoms with Gasteiger partial charge in [-0.05, 0) is 57.9 Å². The van der Waals surface area contributed by atoms with Crippen molar-refractivity contribution in [1.29, 1.82) is 0 Å². The van der Waals surface area contributed by atoms with Crippen molar-refractivity contribution in [1.82, 2.24) is 4.57 Å². The Morgan fingerprint density at radius 3 is 2.18 bits per heavy atom. The van der Waals surface area contributed by atoms with Crippen LogP contribution in [0.4, 0.5) is 0 Å². The average molecular weight is 231 g/mol. The SMILES string of the molecule is Cc1cc2c(C(C)O)cn(C(C)C)c2cc1C. The van der Waals surface area contributed by atoms with Crippen molar-refractivity contribution >= 4 is 10.9 Å². The molecule has 1 N–H and O–H groups in total. The van der Waals surface area contributed by atoms with Crippen molar-refractivity contribution in [2.75, 3.05) is 0 Å². The lowest BCUT2D eigenvalue weighted by Crippen LogP contribution is -1.98. The van der Waals surface area contributed by atoms with Gasteiger partial charge in [0.25, 0.3) is 0 Å². The number of hydrogen-bond donors (Lipinski definition) is 1. The molecule has 0 saturated carbocycles. The Morgan fingerprint density at radius 1 is 1.06 bits per heavy atom. The zero-order valence-corrected chi connectivity index (χ0v) is 11.3. The highest BCUT2D eigenvalue weighted by Gasteiger charge is 2.14. The standard InChI is InChI=1S/C15H21NO/c1-9(2)16-8-14(12(5)17)13-6-10(3)11(4)7-15(13)16/h6-9,12,17H,1-5H3. The summed E-state index contributed by atoms with van der Waals surface area (Å²) >= 11 is 0. The van der Waals surface area contributed by atoms with Gasteiger partial charge in [-0.25, -0.2) is 0 Å². The van der Waals surface area contributed by atoms with E-state index in [0.29, 0.717) is 6.04 Å². The Kier molecular flexibility index (Phi) is 3.00. The first-order chi connectivity index (χ1) is 7.91. The van der Waals surface area contributed by atoms with Gasteiger partial charge in [0.1, 0.15) is 0 Å². The predicted octanol–water partition coefficient (Wildman–Crippen LogP) is 3.89. The summed E-state index contributed by atoms with van der Waals surface area (Å²) in [5.41, 5.74) is 4.83. The van der Waals surface area contributed by atoms with Gasteiger partial charge in [-0.15, -0.1) is 0 Å². The lowest BCUT2D eigenvalue weighted by molar-refractivity contribution is 0.200. The van der Waals surface area contributed by atoms with Crippen molar-refractivity contribution in [2.45, 2.75) is 46.8 Å². The summed E-state index contributed by atoms with van der Waals surface area (Å²) in [6.45, 7) is 10.4. The van der Waals surface area contributed by atoms with E-state index in [1.54, 1.807) is 0 Å². The molecule has 17 heavy (non-hydrogen) atoms. The molecule has 1 unspecified atom stereocenters. The smallest absolute Gasteiger partial charge is 0.0782 e. The van der Waals surface area contributed by atoms with E-state index in [1.807, 2.05) is 6.92 Å². The summed E-state index contributed by atoms with van der Waals surface area (Å²) in [4.78, 5) is 0. The number of fused-ring (bicyclic) bond motifs is 1. The van der Waals surface area contributed by atoms with E-state index < -0.39 is 6.10 Å². The second-order valence-corrected chi connectivity index (χ2v) is 5.22. The zero-order valence-electron chi connectivity index (χ0n) is 11.3. The van der Waals surface area contributed by atoms with Crippen molar-refractivity contribution in [3.05, 3.63) is 35.0 Å². The molecule has 0 fully saturated rings. The van der Waals surface area contributed by atoms with Crippen molar-refractivity contribution in [3.63, 3.8) is 0 Å². The molecule has 1 heterocycles. The molecular weight excluding hydrogens is 210 g/mol. The molecule has 0 amide bonds. The highest BCUT2D eigenvalue weighted by Crippen LogP contribution is 2.30. The van der Waals surface area contributed by atoms with E-state index in [4.69, 9.17) is 0 Å².